The summed E-state index contributed by atoms with van der Waals surface area (Å²) in [7, 11) is 0. The van der Waals surface area contributed by atoms with Crippen LogP contribution in [0.15, 0.2) is 53.3 Å². The molecule has 0 bridgehead atoms. The van der Waals surface area contributed by atoms with Crippen molar-refractivity contribution in [1.29, 1.82) is 0 Å². The maximum absolute atomic E-state index is 12.3. The van der Waals surface area contributed by atoms with Crippen LogP contribution in [0.5, 0.6) is 5.75 Å². The lowest BCUT2D eigenvalue weighted by molar-refractivity contribution is 0.0686. The number of rotatable bonds is 3. The van der Waals surface area contributed by atoms with E-state index in [9.17, 15) is 14.4 Å². The molecule has 2 aromatic carbocycles. The predicted octanol–water partition coefficient (Wildman–Crippen LogP) is 1.84. The third-order valence-electron chi connectivity index (χ3n) is 3.18. The number of hydrogen-bond acceptors (Lipinski definition) is 5. The zero-order valence-electron chi connectivity index (χ0n) is 11.6. The summed E-state index contributed by atoms with van der Waals surface area (Å²) in [4.78, 5) is 34.9. The van der Waals surface area contributed by atoms with Crippen LogP contribution < -0.4 is 10.3 Å². The largest absolute Gasteiger partial charge is 0.478 e. The van der Waals surface area contributed by atoms with Crippen molar-refractivity contribution >= 4 is 22.7 Å². The van der Waals surface area contributed by atoms with E-state index in [2.05, 4.69) is 10.2 Å². The first-order chi connectivity index (χ1) is 11.1. The number of carbonyl (C=O) groups is 2. The van der Waals surface area contributed by atoms with Crippen LogP contribution in [-0.4, -0.2) is 27.2 Å². The normalized spacial score (nSPS) is 10.4. The number of carbonyl (C=O) groups excluding carboxylic acids is 1. The minimum absolute atomic E-state index is 0.00501. The summed E-state index contributed by atoms with van der Waals surface area (Å²) < 4.78 is 5.15. The van der Waals surface area contributed by atoms with Crippen molar-refractivity contribution in [2.75, 3.05) is 0 Å². The van der Waals surface area contributed by atoms with Gasteiger partial charge < -0.3 is 9.84 Å². The number of carboxylic acid groups (broad SMARTS) is 1. The molecule has 1 aromatic heterocycles. The van der Waals surface area contributed by atoms with Gasteiger partial charge in [0, 0.05) is 5.39 Å². The van der Waals surface area contributed by atoms with Crippen LogP contribution in [0.3, 0.4) is 0 Å². The van der Waals surface area contributed by atoms with Crippen molar-refractivity contribution in [3.8, 4) is 5.75 Å². The zero-order chi connectivity index (χ0) is 16.4. The maximum atomic E-state index is 12.3. The Morgan fingerprint density at radius 3 is 2.52 bits per heavy atom. The second-order valence-electron chi connectivity index (χ2n) is 4.67. The Morgan fingerprint density at radius 2 is 1.78 bits per heavy atom. The molecule has 7 nitrogen and oxygen atoms in total. The number of nitrogens with zero attached hydrogens (tertiary/aromatic N) is 1. The van der Waals surface area contributed by atoms with Gasteiger partial charge in [-0.1, -0.05) is 24.3 Å². The summed E-state index contributed by atoms with van der Waals surface area (Å²) >= 11 is 0. The highest BCUT2D eigenvalue weighted by atomic mass is 16.5. The van der Waals surface area contributed by atoms with Crippen LogP contribution in [0, 0.1) is 0 Å². The average Bonchev–Trinajstić information content (AvgIpc) is 2.55. The number of ether oxygens (including phenoxy) is 1. The van der Waals surface area contributed by atoms with E-state index in [1.165, 1.54) is 24.3 Å². The lowest BCUT2D eigenvalue weighted by Gasteiger charge is -2.06. The molecule has 23 heavy (non-hydrogen) atoms. The summed E-state index contributed by atoms with van der Waals surface area (Å²) in [6.45, 7) is 0. The van der Waals surface area contributed by atoms with Gasteiger partial charge in [-0.3, -0.25) is 4.79 Å². The molecule has 0 atom stereocenters. The molecular formula is C16H10N2O5. The van der Waals surface area contributed by atoms with Crippen molar-refractivity contribution in [2.24, 2.45) is 0 Å². The molecule has 0 spiro atoms. The Kier molecular flexibility index (Phi) is 3.60. The highest BCUT2D eigenvalue weighted by Crippen LogP contribution is 2.17. The molecule has 1 heterocycles. The van der Waals surface area contributed by atoms with E-state index >= 15 is 0 Å². The van der Waals surface area contributed by atoms with Gasteiger partial charge >= 0.3 is 11.9 Å². The Morgan fingerprint density at radius 1 is 1.04 bits per heavy atom. The Balaban J connectivity index is 1.99. The monoisotopic (exact) mass is 310 g/mol. The number of nitrogens with one attached hydrogen (secondary N) is 1. The number of benzene rings is 2. The maximum Gasteiger partial charge on any atom is 0.364 e. The lowest BCUT2D eigenvalue weighted by atomic mass is 10.1. The molecule has 3 aromatic rings. The first-order valence-corrected chi connectivity index (χ1v) is 6.59. The van der Waals surface area contributed by atoms with Crippen molar-refractivity contribution in [1.82, 2.24) is 10.2 Å². The summed E-state index contributed by atoms with van der Waals surface area (Å²) in [6.07, 6.45) is 0. The predicted molar refractivity (Wildman–Crippen MR) is 80.7 cm³/mol. The van der Waals surface area contributed by atoms with Gasteiger partial charge in [0.15, 0.2) is 5.69 Å². The fourth-order valence-electron chi connectivity index (χ4n) is 2.12. The first-order valence-electron chi connectivity index (χ1n) is 6.59. The van der Waals surface area contributed by atoms with E-state index < -0.39 is 17.5 Å². The molecule has 0 fully saturated rings. The SMILES string of the molecule is O=C(O)c1cccc(OC(=O)c2n[nH]c(=O)c3ccccc23)c1. The number of H-pyrrole nitrogens is 1. The number of carboxylic acids is 1. The average molecular weight is 310 g/mol. The van der Waals surface area contributed by atoms with Gasteiger partial charge in [-0.05, 0) is 24.3 Å². The molecule has 0 unspecified atom stereocenters. The van der Waals surface area contributed by atoms with E-state index in [4.69, 9.17) is 9.84 Å². The van der Waals surface area contributed by atoms with E-state index in [1.54, 1.807) is 24.3 Å². The fourth-order valence-corrected chi connectivity index (χ4v) is 2.12. The topological polar surface area (TPSA) is 109 Å². The molecule has 0 saturated heterocycles. The van der Waals surface area contributed by atoms with E-state index in [1.807, 2.05) is 0 Å². The second kappa shape index (κ2) is 5.72. The zero-order valence-corrected chi connectivity index (χ0v) is 11.6. The van der Waals surface area contributed by atoms with Gasteiger partial charge in [0.25, 0.3) is 5.56 Å². The number of aromatic amines is 1. The van der Waals surface area contributed by atoms with Crippen molar-refractivity contribution < 1.29 is 19.4 Å². The van der Waals surface area contributed by atoms with Gasteiger partial charge in [-0.25, -0.2) is 14.7 Å². The highest BCUT2D eigenvalue weighted by Gasteiger charge is 2.16. The molecule has 114 valence electrons. The summed E-state index contributed by atoms with van der Waals surface area (Å²) in [5.74, 6) is -1.84. The van der Waals surface area contributed by atoms with Gasteiger partial charge in [-0.2, -0.15) is 5.10 Å². The highest BCUT2D eigenvalue weighted by molar-refractivity contribution is 6.02. The van der Waals surface area contributed by atoms with Crippen LogP contribution >= 0.6 is 0 Å². The Labute approximate surface area is 129 Å². The molecule has 0 saturated carbocycles. The molecule has 0 aliphatic heterocycles. The first kappa shape index (κ1) is 14.5. The van der Waals surface area contributed by atoms with Crippen LogP contribution in [0.1, 0.15) is 20.8 Å². The number of esters is 1. The van der Waals surface area contributed by atoms with Crippen molar-refractivity contribution in [3.05, 3.63) is 70.1 Å². The van der Waals surface area contributed by atoms with E-state index in [-0.39, 0.29) is 17.0 Å². The van der Waals surface area contributed by atoms with Crippen molar-refractivity contribution in [3.63, 3.8) is 0 Å². The minimum Gasteiger partial charge on any atom is -0.478 e. The quantitative estimate of drug-likeness (QED) is 0.564. The molecule has 0 aliphatic carbocycles. The summed E-state index contributed by atoms with van der Waals surface area (Å²) in [5.41, 5.74) is -0.472. The number of aromatic nitrogens is 2. The molecule has 3 rings (SSSR count). The van der Waals surface area contributed by atoms with Crippen LogP contribution in [0.4, 0.5) is 0 Å². The Bertz CT molecular complexity index is 977. The molecule has 7 heteroatoms. The standard InChI is InChI=1S/C16H10N2O5/c19-14-12-7-2-1-6-11(12)13(17-18-14)16(22)23-10-5-3-4-9(8-10)15(20)21/h1-8H,(H,18,19)(H,20,21). The van der Waals surface area contributed by atoms with E-state index in [0.29, 0.717) is 10.8 Å². The molecule has 0 radical (unpaired) electrons. The van der Waals surface area contributed by atoms with Gasteiger partial charge in [0.05, 0.1) is 10.9 Å². The number of fused-ring (bicyclic) bond motifs is 1. The van der Waals surface area contributed by atoms with Crippen LogP contribution in [-0.2, 0) is 0 Å². The van der Waals surface area contributed by atoms with Gasteiger partial charge in [0.2, 0.25) is 0 Å². The number of aromatic carboxylic acids is 1. The fraction of sp³-hybridized carbons (Fsp3) is 0. The summed E-state index contributed by atoms with van der Waals surface area (Å²) in [6, 6.07) is 12.0. The van der Waals surface area contributed by atoms with E-state index in [0.717, 1.165) is 0 Å². The smallest absolute Gasteiger partial charge is 0.364 e. The molecule has 2 N–H and O–H groups in total. The van der Waals surface area contributed by atoms with Gasteiger partial charge in [0.1, 0.15) is 5.75 Å². The molecule has 0 amide bonds. The van der Waals surface area contributed by atoms with Crippen LogP contribution in [0.2, 0.25) is 0 Å². The van der Waals surface area contributed by atoms with Gasteiger partial charge in [-0.15, -0.1) is 0 Å². The minimum atomic E-state index is -1.13. The third kappa shape index (κ3) is 2.80. The molecule has 0 aliphatic rings. The Hall–Kier alpha value is -3.48. The lowest BCUT2D eigenvalue weighted by Crippen LogP contribution is -2.17. The van der Waals surface area contributed by atoms with Crippen LogP contribution in [0.25, 0.3) is 10.8 Å². The second-order valence-corrected chi connectivity index (χ2v) is 4.67. The number of hydrogen-bond donors (Lipinski definition) is 2. The summed E-state index contributed by atoms with van der Waals surface area (Å²) in [5, 5.41) is 15.6. The molecular weight excluding hydrogens is 300 g/mol. The van der Waals surface area contributed by atoms with Crippen molar-refractivity contribution in [2.45, 2.75) is 0 Å². The third-order valence-corrected chi connectivity index (χ3v) is 3.18.